The predicted octanol–water partition coefficient (Wildman–Crippen LogP) is 4.35. The zero-order valence-corrected chi connectivity index (χ0v) is 14.2. The van der Waals surface area contributed by atoms with Crippen LogP contribution in [0.4, 0.5) is 5.69 Å². The van der Waals surface area contributed by atoms with E-state index < -0.39 is 0 Å². The molecule has 0 radical (unpaired) electrons. The number of nitrogens with one attached hydrogen (secondary N) is 1. The summed E-state index contributed by atoms with van der Waals surface area (Å²) in [5, 5.41) is 12.4. The third-order valence-corrected chi connectivity index (χ3v) is 3.99. The Balaban J connectivity index is 1.82. The van der Waals surface area contributed by atoms with Crippen LogP contribution in [0.5, 0.6) is 5.75 Å². The lowest BCUT2D eigenvalue weighted by atomic mass is 10.1. The minimum absolute atomic E-state index is 0.189. The van der Waals surface area contributed by atoms with E-state index in [4.69, 9.17) is 25.9 Å². The SMILES string of the molecule is COc1ccc(C(=O)Nc2ccc(Cl)c(-c3ccc(CO)o3)c2)cc1. The molecule has 0 fully saturated rings. The van der Waals surface area contributed by atoms with Gasteiger partial charge in [0.1, 0.15) is 23.9 Å². The average Bonchev–Trinajstić information content (AvgIpc) is 3.12. The maximum absolute atomic E-state index is 12.4. The predicted molar refractivity (Wildman–Crippen MR) is 96.0 cm³/mol. The van der Waals surface area contributed by atoms with Gasteiger partial charge in [0.25, 0.3) is 5.91 Å². The van der Waals surface area contributed by atoms with Gasteiger partial charge in [0.2, 0.25) is 0 Å². The summed E-state index contributed by atoms with van der Waals surface area (Å²) in [6.07, 6.45) is 0. The molecule has 0 aliphatic rings. The van der Waals surface area contributed by atoms with Crippen LogP contribution < -0.4 is 10.1 Å². The minimum Gasteiger partial charge on any atom is -0.497 e. The second-order valence-electron chi connectivity index (χ2n) is 5.30. The number of rotatable bonds is 5. The lowest BCUT2D eigenvalue weighted by molar-refractivity contribution is 0.102. The van der Waals surface area contributed by atoms with E-state index in [1.807, 2.05) is 0 Å². The molecule has 0 saturated heterocycles. The fourth-order valence-corrected chi connectivity index (χ4v) is 2.56. The largest absolute Gasteiger partial charge is 0.497 e. The number of hydrogen-bond acceptors (Lipinski definition) is 4. The summed E-state index contributed by atoms with van der Waals surface area (Å²) in [7, 11) is 1.57. The molecule has 0 bridgehead atoms. The number of carbonyl (C=O) groups is 1. The lowest BCUT2D eigenvalue weighted by Crippen LogP contribution is -2.11. The zero-order valence-electron chi connectivity index (χ0n) is 13.5. The van der Waals surface area contributed by atoms with Crippen LogP contribution in [0, 0.1) is 0 Å². The van der Waals surface area contributed by atoms with Crippen LogP contribution in [0.25, 0.3) is 11.3 Å². The number of aliphatic hydroxyl groups is 1. The van der Waals surface area contributed by atoms with Crippen molar-refractivity contribution in [3.05, 3.63) is 70.9 Å². The van der Waals surface area contributed by atoms with Gasteiger partial charge in [-0.15, -0.1) is 0 Å². The molecule has 0 spiro atoms. The molecule has 0 saturated carbocycles. The summed E-state index contributed by atoms with van der Waals surface area (Å²) in [5.74, 6) is 1.41. The summed E-state index contributed by atoms with van der Waals surface area (Å²) in [6.45, 7) is -0.189. The first-order valence-corrected chi connectivity index (χ1v) is 7.93. The lowest BCUT2D eigenvalue weighted by Gasteiger charge is -2.09. The highest BCUT2D eigenvalue weighted by atomic mass is 35.5. The first-order chi connectivity index (χ1) is 12.1. The van der Waals surface area contributed by atoms with Gasteiger partial charge < -0.3 is 19.6 Å². The molecule has 0 aliphatic heterocycles. The van der Waals surface area contributed by atoms with Gasteiger partial charge in [-0.05, 0) is 54.6 Å². The summed E-state index contributed by atoms with van der Waals surface area (Å²) in [4.78, 5) is 12.4. The van der Waals surface area contributed by atoms with E-state index in [1.165, 1.54) is 0 Å². The van der Waals surface area contributed by atoms with Crippen molar-refractivity contribution in [3.63, 3.8) is 0 Å². The quantitative estimate of drug-likeness (QED) is 0.712. The number of furan rings is 1. The van der Waals surface area contributed by atoms with Crippen molar-refractivity contribution in [1.29, 1.82) is 0 Å². The summed E-state index contributed by atoms with van der Waals surface area (Å²) < 4.78 is 10.6. The highest BCUT2D eigenvalue weighted by molar-refractivity contribution is 6.33. The van der Waals surface area contributed by atoms with E-state index in [1.54, 1.807) is 61.7 Å². The van der Waals surface area contributed by atoms with Crippen molar-refractivity contribution in [3.8, 4) is 17.1 Å². The molecular formula is C19H16ClNO4. The molecular weight excluding hydrogens is 342 g/mol. The van der Waals surface area contributed by atoms with E-state index in [-0.39, 0.29) is 12.5 Å². The number of carbonyl (C=O) groups excluding carboxylic acids is 1. The van der Waals surface area contributed by atoms with Crippen molar-refractivity contribution >= 4 is 23.2 Å². The molecule has 25 heavy (non-hydrogen) atoms. The van der Waals surface area contributed by atoms with E-state index in [2.05, 4.69) is 5.32 Å². The molecule has 1 aromatic heterocycles. The maximum Gasteiger partial charge on any atom is 0.255 e. The number of hydrogen-bond donors (Lipinski definition) is 2. The van der Waals surface area contributed by atoms with Gasteiger partial charge in [-0.3, -0.25) is 4.79 Å². The van der Waals surface area contributed by atoms with Crippen LogP contribution in [0.2, 0.25) is 5.02 Å². The Kier molecular flexibility index (Phi) is 5.07. The van der Waals surface area contributed by atoms with Gasteiger partial charge >= 0.3 is 0 Å². The molecule has 6 heteroatoms. The first kappa shape index (κ1) is 17.1. The van der Waals surface area contributed by atoms with Crippen LogP contribution >= 0.6 is 11.6 Å². The van der Waals surface area contributed by atoms with Crippen LogP contribution in [-0.2, 0) is 6.61 Å². The number of anilines is 1. The third kappa shape index (κ3) is 3.84. The summed E-state index contributed by atoms with van der Waals surface area (Å²) >= 11 is 6.22. The van der Waals surface area contributed by atoms with Crippen molar-refractivity contribution in [2.45, 2.75) is 6.61 Å². The Hall–Kier alpha value is -2.76. The van der Waals surface area contributed by atoms with Gasteiger partial charge in [0, 0.05) is 16.8 Å². The highest BCUT2D eigenvalue weighted by Gasteiger charge is 2.12. The zero-order chi connectivity index (χ0) is 17.8. The molecule has 2 aromatic carbocycles. The number of aliphatic hydroxyl groups excluding tert-OH is 1. The molecule has 1 heterocycles. The Morgan fingerprint density at radius 1 is 1.16 bits per heavy atom. The fraction of sp³-hybridized carbons (Fsp3) is 0.105. The van der Waals surface area contributed by atoms with Gasteiger partial charge in [-0.1, -0.05) is 11.6 Å². The molecule has 3 aromatic rings. The van der Waals surface area contributed by atoms with Gasteiger partial charge in [0.05, 0.1) is 12.1 Å². The topological polar surface area (TPSA) is 71.7 Å². The second-order valence-corrected chi connectivity index (χ2v) is 5.71. The van der Waals surface area contributed by atoms with Crippen molar-refractivity contribution in [2.24, 2.45) is 0 Å². The molecule has 0 unspecified atom stereocenters. The summed E-state index contributed by atoms with van der Waals surface area (Å²) in [5.41, 5.74) is 1.73. The van der Waals surface area contributed by atoms with E-state index in [9.17, 15) is 4.79 Å². The Labute approximate surface area is 149 Å². The second kappa shape index (κ2) is 7.42. The van der Waals surface area contributed by atoms with Crippen molar-refractivity contribution < 1.29 is 19.1 Å². The molecule has 1 amide bonds. The van der Waals surface area contributed by atoms with Gasteiger partial charge in [-0.25, -0.2) is 0 Å². The van der Waals surface area contributed by atoms with Crippen molar-refractivity contribution in [1.82, 2.24) is 0 Å². The van der Waals surface area contributed by atoms with Crippen LogP contribution in [0.1, 0.15) is 16.1 Å². The average molecular weight is 358 g/mol. The molecule has 0 aliphatic carbocycles. The molecule has 2 N–H and O–H groups in total. The third-order valence-electron chi connectivity index (χ3n) is 3.66. The molecule has 128 valence electrons. The first-order valence-electron chi connectivity index (χ1n) is 7.55. The van der Waals surface area contributed by atoms with Crippen LogP contribution in [0.3, 0.4) is 0 Å². The Morgan fingerprint density at radius 2 is 1.92 bits per heavy atom. The summed E-state index contributed by atoms with van der Waals surface area (Å²) in [6, 6.07) is 15.3. The fourth-order valence-electron chi connectivity index (χ4n) is 2.35. The Morgan fingerprint density at radius 3 is 2.56 bits per heavy atom. The van der Waals surface area contributed by atoms with Crippen LogP contribution in [-0.4, -0.2) is 18.1 Å². The van der Waals surface area contributed by atoms with Gasteiger partial charge in [-0.2, -0.15) is 0 Å². The molecule has 3 rings (SSSR count). The van der Waals surface area contributed by atoms with E-state index in [0.29, 0.717) is 39.1 Å². The molecule has 5 nitrogen and oxygen atoms in total. The maximum atomic E-state index is 12.4. The standard InChI is InChI=1S/C19H16ClNO4/c1-24-14-5-2-12(3-6-14)19(23)21-13-4-8-17(20)16(10-13)18-9-7-15(11-22)25-18/h2-10,22H,11H2,1H3,(H,21,23). The monoisotopic (exact) mass is 357 g/mol. The number of ether oxygens (including phenoxy) is 1. The van der Waals surface area contributed by atoms with Gasteiger partial charge in [0.15, 0.2) is 0 Å². The molecule has 0 atom stereocenters. The number of benzene rings is 2. The number of halogens is 1. The normalized spacial score (nSPS) is 10.5. The minimum atomic E-state index is -0.244. The number of amides is 1. The van der Waals surface area contributed by atoms with Crippen molar-refractivity contribution in [2.75, 3.05) is 12.4 Å². The van der Waals surface area contributed by atoms with Crippen LogP contribution in [0.15, 0.2) is 59.0 Å². The van der Waals surface area contributed by atoms with E-state index >= 15 is 0 Å². The Bertz CT molecular complexity index is 887. The smallest absolute Gasteiger partial charge is 0.255 e. The highest BCUT2D eigenvalue weighted by Crippen LogP contribution is 2.32. The van der Waals surface area contributed by atoms with E-state index in [0.717, 1.165) is 0 Å². The number of methoxy groups -OCH3 is 1.